The molecule has 100 valence electrons. The number of hydrogen-bond donors (Lipinski definition) is 1. The molecule has 1 aliphatic carbocycles. The van der Waals surface area contributed by atoms with Crippen LogP contribution in [0.15, 0.2) is 35.7 Å². The summed E-state index contributed by atoms with van der Waals surface area (Å²) in [5.41, 5.74) is 2.27. The van der Waals surface area contributed by atoms with Crippen LogP contribution in [0.5, 0.6) is 0 Å². The Morgan fingerprint density at radius 3 is 2.47 bits per heavy atom. The number of thiazole rings is 1. The highest BCUT2D eigenvalue weighted by molar-refractivity contribution is 7.09. The van der Waals surface area contributed by atoms with Gasteiger partial charge in [0.2, 0.25) is 0 Å². The minimum atomic E-state index is 0.0430. The second-order valence-electron chi connectivity index (χ2n) is 5.31. The van der Waals surface area contributed by atoms with Gasteiger partial charge < -0.3 is 5.11 Å². The van der Waals surface area contributed by atoms with Gasteiger partial charge in [-0.25, -0.2) is 4.98 Å². The van der Waals surface area contributed by atoms with Crippen molar-refractivity contribution < 1.29 is 5.11 Å². The molecule has 0 atom stereocenters. The molecule has 1 aliphatic rings. The lowest BCUT2D eigenvalue weighted by atomic mass is 9.70. The molecule has 0 unspecified atom stereocenters. The molecule has 1 aromatic heterocycles. The van der Waals surface area contributed by atoms with Crippen molar-refractivity contribution in [1.82, 2.24) is 4.98 Å². The molecule has 1 fully saturated rings. The second kappa shape index (κ2) is 5.43. The van der Waals surface area contributed by atoms with Crippen LogP contribution in [-0.4, -0.2) is 10.1 Å². The Morgan fingerprint density at radius 1 is 1.11 bits per heavy atom. The zero-order chi connectivity index (χ0) is 13.1. The van der Waals surface area contributed by atoms with Gasteiger partial charge >= 0.3 is 0 Å². The summed E-state index contributed by atoms with van der Waals surface area (Å²) in [6.07, 6.45) is 6.21. The molecule has 0 spiro atoms. The number of hydrogen-bond acceptors (Lipinski definition) is 3. The van der Waals surface area contributed by atoms with Crippen molar-refractivity contribution in [2.24, 2.45) is 0 Å². The van der Waals surface area contributed by atoms with E-state index in [1.54, 1.807) is 11.3 Å². The molecule has 0 aliphatic heterocycles. The Balaban J connectivity index is 2.06. The van der Waals surface area contributed by atoms with Gasteiger partial charge in [0.15, 0.2) is 0 Å². The number of aliphatic hydroxyl groups is 1. The smallest absolute Gasteiger partial charge is 0.103 e. The highest BCUT2D eigenvalue weighted by Gasteiger charge is 2.38. The van der Waals surface area contributed by atoms with Crippen molar-refractivity contribution in [2.45, 2.75) is 44.1 Å². The lowest BCUT2D eigenvalue weighted by Gasteiger charge is -2.36. The molecule has 0 amide bonds. The summed E-state index contributed by atoms with van der Waals surface area (Å²) in [6.45, 7) is 0.0430. The molecule has 0 radical (unpaired) electrons. The quantitative estimate of drug-likeness (QED) is 0.920. The van der Waals surface area contributed by atoms with Crippen molar-refractivity contribution in [1.29, 1.82) is 0 Å². The first-order valence-corrected chi connectivity index (χ1v) is 7.84. The van der Waals surface area contributed by atoms with Gasteiger partial charge in [-0.05, 0) is 18.4 Å². The van der Waals surface area contributed by atoms with Gasteiger partial charge in [-0.15, -0.1) is 11.3 Å². The second-order valence-corrected chi connectivity index (χ2v) is 6.17. The van der Waals surface area contributed by atoms with E-state index in [9.17, 15) is 5.11 Å². The van der Waals surface area contributed by atoms with Crippen LogP contribution in [0.3, 0.4) is 0 Å². The highest BCUT2D eigenvalue weighted by Crippen LogP contribution is 2.45. The number of benzene rings is 1. The van der Waals surface area contributed by atoms with E-state index in [0.29, 0.717) is 0 Å². The van der Waals surface area contributed by atoms with Gasteiger partial charge in [0, 0.05) is 10.8 Å². The third-order valence-corrected chi connectivity index (χ3v) is 5.25. The van der Waals surface area contributed by atoms with Crippen LogP contribution in [0.25, 0.3) is 0 Å². The molecule has 3 rings (SSSR count). The zero-order valence-corrected chi connectivity index (χ0v) is 11.8. The molecule has 1 saturated carbocycles. The molecule has 0 saturated heterocycles. The van der Waals surface area contributed by atoms with E-state index in [-0.39, 0.29) is 12.0 Å². The average Bonchev–Trinajstić information content (AvgIpc) is 2.98. The van der Waals surface area contributed by atoms with Gasteiger partial charge in [0.1, 0.15) is 5.01 Å². The van der Waals surface area contributed by atoms with Crippen LogP contribution >= 0.6 is 11.3 Å². The Kier molecular flexibility index (Phi) is 3.67. The van der Waals surface area contributed by atoms with Crippen LogP contribution in [0, 0.1) is 0 Å². The summed E-state index contributed by atoms with van der Waals surface area (Å²) in [5.74, 6) is 0. The number of aromatic nitrogens is 1. The summed E-state index contributed by atoms with van der Waals surface area (Å²) < 4.78 is 0. The van der Waals surface area contributed by atoms with Gasteiger partial charge in [-0.2, -0.15) is 0 Å². The molecule has 3 heteroatoms. The maximum Gasteiger partial charge on any atom is 0.103 e. The normalized spacial score (nSPS) is 18.4. The van der Waals surface area contributed by atoms with Gasteiger partial charge in [0.25, 0.3) is 0 Å². The van der Waals surface area contributed by atoms with Crippen molar-refractivity contribution >= 4 is 11.3 Å². The fourth-order valence-corrected chi connectivity index (χ4v) is 4.23. The first-order chi connectivity index (χ1) is 9.35. The fraction of sp³-hybridized carbons (Fsp3) is 0.438. The van der Waals surface area contributed by atoms with Crippen LogP contribution in [0.1, 0.15) is 48.4 Å². The predicted molar refractivity (Wildman–Crippen MR) is 78.3 cm³/mol. The highest BCUT2D eigenvalue weighted by atomic mass is 32.1. The lowest BCUT2D eigenvalue weighted by molar-refractivity contribution is 0.276. The fourth-order valence-electron chi connectivity index (χ4n) is 3.14. The predicted octanol–water partition coefficient (Wildman–Crippen LogP) is 3.89. The van der Waals surface area contributed by atoms with Crippen molar-refractivity contribution in [3.8, 4) is 0 Å². The molecule has 0 bridgehead atoms. The molecule has 2 aromatic rings. The third-order valence-electron chi connectivity index (χ3n) is 4.16. The van der Waals surface area contributed by atoms with E-state index < -0.39 is 0 Å². The SMILES string of the molecule is OCc1csc(C2(c3ccccc3)CCCCC2)n1. The summed E-state index contributed by atoms with van der Waals surface area (Å²) in [4.78, 5) is 4.67. The monoisotopic (exact) mass is 273 g/mol. The summed E-state index contributed by atoms with van der Waals surface area (Å²) in [5, 5.41) is 12.4. The molecule has 1 aromatic carbocycles. The summed E-state index contributed by atoms with van der Waals surface area (Å²) in [7, 11) is 0. The Bertz CT molecular complexity index is 529. The maximum absolute atomic E-state index is 9.25. The first kappa shape index (κ1) is 12.8. The van der Waals surface area contributed by atoms with Crippen LogP contribution < -0.4 is 0 Å². The molecule has 19 heavy (non-hydrogen) atoms. The van der Waals surface area contributed by atoms with Crippen LogP contribution in [0.4, 0.5) is 0 Å². The van der Waals surface area contributed by atoms with Gasteiger partial charge in [0.05, 0.1) is 12.3 Å². The van der Waals surface area contributed by atoms with E-state index in [1.807, 2.05) is 5.38 Å². The molecule has 2 nitrogen and oxygen atoms in total. The Labute approximate surface area is 118 Å². The molecular weight excluding hydrogens is 254 g/mol. The van der Waals surface area contributed by atoms with Gasteiger partial charge in [-0.3, -0.25) is 0 Å². The molecule has 1 heterocycles. The third kappa shape index (κ3) is 2.33. The van der Waals surface area contributed by atoms with Gasteiger partial charge in [-0.1, -0.05) is 49.6 Å². The van der Waals surface area contributed by atoms with E-state index in [2.05, 4.69) is 35.3 Å². The summed E-state index contributed by atoms with van der Waals surface area (Å²) in [6, 6.07) is 10.8. The average molecular weight is 273 g/mol. The lowest BCUT2D eigenvalue weighted by Crippen LogP contribution is -2.30. The van der Waals surface area contributed by atoms with E-state index in [0.717, 1.165) is 5.69 Å². The number of aliphatic hydroxyl groups excluding tert-OH is 1. The first-order valence-electron chi connectivity index (χ1n) is 6.96. The minimum Gasteiger partial charge on any atom is -0.390 e. The van der Waals surface area contributed by atoms with Crippen molar-refractivity contribution in [2.75, 3.05) is 0 Å². The Morgan fingerprint density at radius 2 is 1.84 bits per heavy atom. The van der Waals surface area contributed by atoms with E-state index >= 15 is 0 Å². The Hall–Kier alpha value is -1.19. The number of rotatable bonds is 3. The summed E-state index contributed by atoms with van der Waals surface area (Å²) >= 11 is 1.70. The maximum atomic E-state index is 9.25. The molecule has 1 N–H and O–H groups in total. The largest absolute Gasteiger partial charge is 0.390 e. The van der Waals surface area contributed by atoms with Crippen LogP contribution in [-0.2, 0) is 12.0 Å². The van der Waals surface area contributed by atoms with Crippen molar-refractivity contribution in [3.05, 3.63) is 52.0 Å². The molecular formula is C16H19NOS. The van der Waals surface area contributed by atoms with E-state index in [1.165, 1.54) is 42.7 Å². The standard InChI is InChI=1S/C16H19NOS/c18-11-14-12-19-15(17-14)16(9-5-2-6-10-16)13-7-3-1-4-8-13/h1,3-4,7-8,12,18H,2,5-6,9-11H2. The van der Waals surface area contributed by atoms with Crippen molar-refractivity contribution in [3.63, 3.8) is 0 Å². The number of nitrogens with zero attached hydrogens (tertiary/aromatic N) is 1. The van der Waals surface area contributed by atoms with Crippen LogP contribution in [0.2, 0.25) is 0 Å². The zero-order valence-electron chi connectivity index (χ0n) is 11.0. The topological polar surface area (TPSA) is 33.1 Å². The van der Waals surface area contributed by atoms with E-state index in [4.69, 9.17) is 0 Å². The minimum absolute atomic E-state index is 0.0430.